The second-order valence-electron chi connectivity index (χ2n) is 5.20. The standard InChI is InChI=1S/C15H22N2O2.ClH/c1-10(11-6-8-12(19-2)9-7-11)17-15(18)13-4-3-5-14(13)16;/h6-10,13-14H,3-5,16H2,1-2H3,(H,17,18);1H. The van der Waals surface area contributed by atoms with E-state index in [1.165, 1.54) is 0 Å². The minimum atomic E-state index is -0.0271. The lowest BCUT2D eigenvalue weighted by molar-refractivity contribution is -0.125. The molecule has 1 aliphatic carbocycles. The summed E-state index contributed by atoms with van der Waals surface area (Å²) in [5.41, 5.74) is 7.02. The van der Waals surface area contributed by atoms with Gasteiger partial charge in [-0.15, -0.1) is 12.4 Å². The van der Waals surface area contributed by atoms with Crippen LogP contribution in [-0.4, -0.2) is 19.1 Å². The number of hydrogen-bond donors (Lipinski definition) is 2. The van der Waals surface area contributed by atoms with Crippen molar-refractivity contribution in [2.75, 3.05) is 7.11 Å². The van der Waals surface area contributed by atoms with E-state index in [4.69, 9.17) is 10.5 Å². The number of carbonyl (C=O) groups is 1. The summed E-state index contributed by atoms with van der Waals surface area (Å²) in [5.74, 6) is 0.870. The van der Waals surface area contributed by atoms with Gasteiger partial charge in [-0.2, -0.15) is 0 Å². The van der Waals surface area contributed by atoms with Crippen LogP contribution in [0.5, 0.6) is 5.75 Å². The van der Waals surface area contributed by atoms with E-state index in [1.54, 1.807) is 7.11 Å². The van der Waals surface area contributed by atoms with Gasteiger partial charge in [0.25, 0.3) is 0 Å². The van der Waals surface area contributed by atoms with Crippen LogP contribution in [0.4, 0.5) is 0 Å². The molecule has 0 spiro atoms. The molecule has 3 unspecified atom stereocenters. The van der Waals surface area contributed by atoms with Crippen molar-refractivity contribution in [1.82, 2.24) is 5.32 Å². The maximum atomic E-state index is 12.1. The molecule has 0 heterocycles. The average Bonchev–Trinajstić information content (AvgIpc) is 2.85. The van der Waals surface area contributed by atoms with Crippen LogP contribution in [0.2, 0.25) is 0 Å². The zero-order valence-electron chi connectivity index (χ0n) is 12.0. The van der Waals surface area contributed by atoms with Gasteiger partial charge in [-0.1, -0.05) is 18.6 Å². The van der Waals surface area contributed by atoms with Crippen LogP contribution < -0.4 is 15.8 Å². The molecule has 0 saturated heterocycles. The predicted molar refractivity (Wildman–Crippen MR) is 82.1 cm³/mol. The zero-order chi connectivity index (χ0) is 13.8. The molecule has 1 amide bonds. The molecule has 1 fully saturated rings. The topological polar surface area (TPSA) is 64.3 Å². The first kappa shape index (κ1) is 16.8. The second kappa shape index (κ2) is 7.50. The molecule has 0 radical (unpaired) electrons. The number of amides is 1. The molecule has 1 aromatic rings. The Hall–Kier alpha value is -1.26. The first-order valence-electron chi connectivity index (χ1n) is 6.81. The third-order valence-electron chi connectivity index (χ3n) is 3.88. The van der Waals surface area contributed by atoms with Gasteiger partial charge in [0.15, 0.2) is 0 Å². The molecule has 0 bridgehead atoms. The Kier molecular flexibility index (Phi) is 6.30. The summed E-state index contributed by atoms with van der Waals surface area (Å²) in [4.78, 5) is 12.1. The van der Waals surface area contributed by atoms with Crippen LogP contribution in [0.25, 0.3) is 0 Å². The highest BCUT2D eigenvalue weighted by atomic mass is 35.5. The number of hydrogen-bond acceptors (Lipinski definition) is 3. The fourth-order valence-electron chi connectivity index (χ4n) is 2.61. The van der Waals surface area contributed by atoms with E-state index in [1.807, 2.05) is 31.2 Å². The summed E-state index contributed by atoms with van der Waals surface area (Å²) >= 11 is 0. The van der Waals surface area contributed by atoms with Crippen LogP contribution in [0.3, 0.4) is 0 Å². The molecule has 20 heavy (non-hydrogen) atoms. The van der Waals surface area contributed by atoms with E-state index in [0.717, 1.165) is 30.6 Å². The Morgan fingerprint density at radius 1 is 1.35 bits per heavy atom. The maximum Gasteiger partial charge on any atom is 0.225 e. The quantitative estimate of drug-likeness (QED) is 0.897. The van der Waals surface area contributed by atoms with Gasteiger partial charge in [0, 0.05) is 6.04 Å². The molecule has 1 saturated carbocycles. The largest absolute Gasteiger partial charge is 0.497 e. The highest BCUT2D eigenvalue weighted by Gasteiger charge is 2.30. The van der Waals surface area contributed by atoms with Gasteiger partial charge in [0.1, 0.15) is 5.75 Å². The van der Waals surface area contributed by atoms with Gasteiger partial charge in [-0.3, -0.25) is 4.79 Å². The zero-order valence-corrected chi connectivity index (χ0v) is 12.8. The molecule has 1 aliphatic rings. The maximum absolute atomic E-state index is 12.1. The summed E-state index contributed by atoms with van der Waals surface area (Å²) in [6, 6.07) is 7.75. The highest BCUT2D eigenvalue weighted by Crippen LogP contribution is 2.25. The molecule has 2 rings (SSSR count). The van der Waals surface area contributed by atoms with Crippen molar-refractivity contribution < 1.29 is 9.53 Å². The van der Waals surface area contributed by atoms with E-state index in [0.29, 0.717) is 0 Å². The molecule has 0 aliphatic heterocycles. The third-order valence-corrected chi connectivity index (χ3v) is 3.88. The van der Waals surface area contributed by atoms with Crippen molar-refractivity contribution in [3.8, 4) is 5.75 Å². The van der Waals surface area contributed by atoms with E-state index in [9.17, 15) is 4.79 Å². The molecular formula is C15H23ClN2O2. The van der Waals surface area contributed by atoms with Gasteiger partial charge >= 0.3 is 0 Å². The molecular weight excluding hydrogens is 276 g/mol. The number of halogens is 1. The summed E-state index contributed by atoms with van der Waals surface area (Å²) in [7, 11) is 1.64. The number of nitrogens with two attached hydrogens (primary N) is 1. The minimum absolute atomic E-state index is 0. The first-order chi connectivity index (χ1) is 9.11. The van der Waals surface area contributed by atoms with E-state index >= 15 is 0 Å². The number of nitrogens with one attached hydrogen (secondary N) is 1. The van der Waals surface area contributed by atoms with Crippen LogP contribution in [0, 0.1) is 5.92 Å². The number of carbonyl (C=O) groups excluding carboxylic acids is 1. The molecule has 5 heteroatoms. The number of rotatable bonds is 4. The molecule has 0 aromatic heterocycles. The van der Waals surface area contributed by atoms with Crippen LogP contribution in [0.15, 0.2) is 24.3 Å². The Labute approximate surface area is 126 Å². The van der Waals surface area contributed by atoms with E-state index < -0.39 is 0 Å². The third kappa shape index (κ3) is 3.87. The van der Waals surface area contributed by atoms with Gasteiger partial charge in [-0.05, 0) is 37.5 Å². The Balaban J connectivity index is 0.00000200. The number of ether oxygens (including phenoxy) is 1. The van der Waals surface area contributed by atoms with Crippen molar-refractivity contribution in [3.05, 3.63) is 29.8 Å². The Morgan fingerprint density at radius 3 is 2.50 bits per heavy atom. The number of methoxy groups -OCH3 is 1. The monoisotopic (exact) mass is 298 g/mol. The molecule has 3 N–H and O–H groups in total. The van der Waals surface area contributed by atoms with Crippen molar-refractivity contribution in [3.63, 3.8) is 0 Å². The fraction of sp³-hybridized carbons (Fsp3) is 0.533. The van der Waals surface area contributed by atoms with Crippen molar-refractivity contribution >= 4 is 18.3 Å². The molecule has 112 valence electrons. The summed E-state index contributed by atoms with van der Waals surface area (Å²) in [6.45, 7) is 1.99. The lowest BCUT2D eigenvalue weighted by Gasteiger charge is -2.20. The normalized spacial score (nSPS) is 22.8. The lowest BCUT2D eigenvalue weighted by atomic mass is 10.0. The Bertz CT molecular complexity index is 436. The SMILES string of the molecule is COc1ccc(C(C)NC(=O)C2CCCC2N)cc1.Cl. The van der Waals surface area contributed by atoms with Crippen LogP contribution in [0.1, 0.15) is 37.8 Å². The van der Waals surface area contributed by atoms with E-state index in [-0.39, 0.29) is 36.3 Å². The fourth-order valence-corrected chi connectivity index (χ4v) is 2.61. The van der Waals surface area contributed by atoms with Crippen molar-refractivity contribution in [2.45, 2.75) is 38.3 Å². The van der Waals surface area contributed by atoms with Gasteiger partial charge in [-0.25, -0.2) is 0 Å². The predicted octanol–water partition coefficient (Wildman–Crippen LogP) is 2.42. The smallest absolute Gasteiger partial charge is 0.225 e. The summed E-state index contributed by atoms with van der Waals surface area (Å²) in [6.07, 6.45) is 2.91. The second-order valence-corrected chi connectivity index (χ2v) is 5.20. The Morgan fingerprint density at radius 2 is 2.00 bits per heavy atom. The van der Waals surface area contributed by atoms with Crippen molar-refractivity contribution in [1.29, 1.82) is 0 Å². The molecule has 3 atom stereocenters. The molecule has 1 aromatic carbocycles. The first-order valence-corrected chi connectivity index (χ1v) is 6.81. The van der Waals surface area contributed by atoms with Gasteiger partial charge in [0.2, 0.25) is 5.91 Å². The summed E-state index contributed by atoms with van der Waals surface area (Å²) < 4.78 is 5.12. The highest BCUT2D eigenvalue weighted by molar-refractivity contribution is 5.85. The number of benzene rings is 1. The lowest BCUT2D eigenvalue weighted by Crippen LogP contribution is -2.39. The molecule has 4 nitrogen and oxygen atoms in total. The van der Waals surface area contributed by atoms with Crippen LogP contribution >= 0.6 is 12.4 Å². The van der Waals surface area contributed by atoms with Gasteiger partial charge < -0.3 is 15.8 Å². The average molecular weight is 299 g/mol. The van der Waals surface area contributed by atoms with Crippen LogP contribution in [-0.2, 0) is 4.79 Å². The van der Waals surface area contributed by atoms with Crippen molar-refractivity contribution in [2.24, 2.45) is 11.7 Å². The summed E-state index contributed by atoms with van der Waals surface area (Å²) in [5, 5.41) is 3.05. The van der Waals surface area contributed by atoms with Gasteiger partial charge in [0.05, 0.1) is 19.1 Å². The van der Waals surface area contributed by atoms with E-state index in [2.05, 4.69) is 5.32 Å². The minimum Gasteiger partial charge on any atom is -0.497 e.